The summed E-state index contributed by atoms with van der Waals surface area (Å²) >= 11 is 1.31. The van der Waals surface area contributed by atoms with E-state index < -0.39 is 0 Å². The van der Waals surface area contributed by atoms with Crippen LogP contribution in [0.5, 0.6) is 5.88 Å². The molecule has 0 aliphatic heterocycles. The van der Waals surface area contributed by atoms with Gasteiger partial charge in [-0.05, 0) is 25.3 Å². The van der Waals surface area contributed by atoms with Gasteiger partial charge in [-0.3, -0.25) is 10.1 Å². The van der Waals surface area contributed by atoms with Gasteiger partial charge in [0.25, 0.3) is 5.91 Å². The first-order valence-corrected chi connectivity index (χ1v) is 9.11. The molecule has 0 unspecified atom stereocenters. The Balaban J connectivity index is 1.66. The Bertz CT molecular complexity index is 976. The lowest BCUT2D eigenvalue weighted by atomic mass is 10.2. The zero-order valence-corrected chi connectivity index (χ0v) is 15.6. The van der Waals surface area contributed by atoms with E-state index in [4.69, 9.17) is 9.47 Å². The highest BCUT2D eigenvalue weighted by Crippen LogP contribution is 2.39. The van der Waals surface area contributed by atoms with Crippen LogP contribution in [0, 0.1) is 6.92 Å². The number of methoxy groups -OCH3 is 2. The summed E-state index contributed by atoms with van der Waals surface area (Å²) in [4.78, 5) is 30.2. The number of carbonyl (C=O) groups excluding carboxylic acids is 1. The van der Waals surface area contributed by atoms with E-state index in [1.165, 1.54) is 24.2 Å². The zero-order valence-electron chi connectivity index (χ0n) is 14.8. The summed E-state index contributed by atoms with van der Waals surface area (Å²) in [7, 11) is 3.13. The monoisotopic (exact) mass is 373 g/mol. The van der Waals surface area contributed by atoms with Gasteiger partial charge >= 0.3 is 0 Å². The highest BCUT2D eigenvalue weighted by Gasteiger charge is 2.26. The smallest absolute Gasteiger partial charge is 0.268 e. The van der Waals surface area contributed by atoms with Crippen molar-refractivity contribution in [2.45, 2.75) is 32.3 Å². The van der Waals surface area contributed by atoms with Crippen LogP contribution in [0.25, 0.3) is 10.2 Å². The first-order valence-electron chi connectivity index (χ1n) is 8.30. The molecule has 8 nitrogen and oxygen atoms in total. The van der Waals surface area contributed by atoms with Crippen molar-refractivity contribution in [2.24, 2.45) is 0 Å². The largest absolute Gasteiger partial charge is 0.480 e. The van der Waals surface area contributed by atoms with Crippen LogP contribution >= 0.6 is 11.3 Å². The number of carbonyl (C=O) groups is 1. The molecule has 1 saturated carbocycles. The molecule has 1 fully saturated rings. The fourth-order valence-corrected chi connectivity index (χ4v) is 3.95. The highest BCUT2D eigenvalue weighted by molar-refractivity contribution is 7.20. The fraction of sp³-hybridized carbons (Fsp3) is 0.412. The second kappa shape index (κ2) is 6.65. The number of amides is 1. The van der Waals surface area contributed by atoms with Crippen molar-refractivity contribution in [2.75, 3.05) is 19.5 Å². The SMILES string of the molecule is COCc1nc(OC)c2c(C)c(C(=O)Nc3ncc(C4CC4)[nH]3)sc2n1. The summed E-state index contributed by atoms with van der Waals surface area (Å²) < 4.78 is 10.5. The topological polar surface area (TPSA) is 102 Å². The van der Waals surface area contributed by atoms with E-state index >= 15 is 0 Å². The Morgan fingerprint density at radius 2 is 2.19 bits per heavy atom. The average molecular weight is 373 g/mol. The lowest BCUT2D eigenvalue weighted by Gasteiger charge is -2.05. The van der Waals surface area contributed by atoms with Gasteiger partial charge in [-0.1, -0.05) is 0 Å². The molecule has 1 aliphatic carbocycles. The van der Waals surface area contributed by atoms with Gasteiger partial charge in [0.2, 0.25) is 11.8 Å². The second-order valence-electron chi connectivity index (χ2n) is 6.23. The van der Waals surface area contributed by atoms with Crippen molar-refractivity contribution in [3.05, 3.63) is 28.2 Å². The summed E-state index contributed by atoms with van der Waals surface area (Å²) in [5, 5.41) is 3.58. The fourth-order valence-electron chi connectivity index (χ4n) is 2.87. The number of imidazole rings is 1. The van der Waals surface area contributed by atoms with Crippen molar-refractivity contribution in [3.8, 4) is 5.88 Å². The van der Waals surface area contributed by atoms with Crippen molar-refractivity contribution in [1.29, 1.82) is 0 Å². The molecule has 0 aromatic carbocycles. The Morgan fingerprint density at radius 3 is 2.88 bits per heavy atom. The number of nitrogens with one attached hydrogen (secondary N) is 2. The average Bonchev–Trinajstić information content (AvgIpc) is 3.29. The van der Waals surface area contributed by atoms with Crippen molar-refractivity contribution in [3.63, 3.8) is 0 Å². The van der Waals surface area contributed by atoms with E-state index in [9.17, 15) is 4.79 Å². The van der Waals surface area contributed by atoms with Gasteiger partial charge in [0.1, 0.15) is 11.4 Å². The molecule has 1 aliphatic rings. The van der Waals surface area contributed by atoms with Crippen LogP contribution in [0.15, 0.2) is 6.20 Å². The molecule has 2 N–H and O–H groups in total. The number of ether oxygens (including phenoxy) is 2. The molecule has 3 aromatic rings. The van der Waals surface area contributed by atoms with Crippen molar-refractivity contribution in [1.82, 2.24) is 19.9 Å². The summed E-state index contributed by atoms with van der Waals surface area (Å²) in [5.74, 6) is 1.76. The number of nitrogens with zero attached hydrogens (tertiary/aromatic N) is 3. The number of aryl methyl sites for hydroxylation is 1. The van der Waals surface area contributed by atoms with Crippen LogP contribution in [-0.4, -0.2) is 40.1 Å². The second-order valence-corrected chi connectivity index (χ2v) is 7.23. The van der Waals surface area contributed by atoms with E-state index in [1.54, 1.807) is 20.4 Å². The Labute approximate surface area is 154 Å². The molecule has 0 radical (unpaired) electrons. The molecule has 3 heterocycles. The van der Waals surface area contributed by atoms with Gasteiger partial charge in [-0.15, -0.1) is 11.3 Å². The first kappa shape index (κ1) is 16.9. The highest BCUT2D eigenvalue weighted by atomic mass is 32.1. The van der Waals surface area contributed by atoms with E-state index in [1.807, 2.05) is 6.92 Å². The molecule has 136 valence electrons. The molecular weight excluding hydrogens is 354 g/mol. The van der Waals surface area contributed by atoms with Gasteiger partial charge < -0.3 is 14.5 Å². The zero-order chi connectivity index (χ0) is 18.3. The molecule has 0 saturated heterocycles. The molecule has 4 rings (SSSR count). The number of anilines is 1. The van der Waals surface area contributed by atoms with Crippen LogP contribution in [0.4, 0.5) is 5.95 Å². The number of hydrogen-bond donors (Lipinski definition) is 2. The minimum atomic E-state index is -0.224. The van der Waals surface area contributed by atoms with Gasteiger partial charge in [-0.2, -0.15) is 4.98 Å². The lowest BCUT2D eigenvalue weighted by molar-refractivity contribution is 0.102. The van der Waals surface area contributed by atoms with Crippen LogP contribution < -0.4 is 10.1 Å². The number of rotatable bonds is 6. The Hall–Kier alpha value is -2.52. The maximum absolute atomic E-state index is 12.7. The summed E-state index contributed by atoms with van der Waals surface area (Å²) in [6.07, 6.45) is 4.14. The number of H-pyrrole nitrogens is 1. The van der Waals surface area contributed by atoms with Gasteiger partial charge in [-0.25, -0.2) is 9.97 Å². The lowest BCUT2D eigenvalue weighted by Crippen LogP contribution is -2.12. The standard InChI is InChI=1S/C17H19N5O3S/c1-8-12-15(25-3)20-11(7-24-2)21-16(12)26-13(8)14(23)22-17-18-6-10(19-17)9-4-5-9/h6,9H,4-5,7H2,1-3H3,(H2,18,19,22,23). The molecule has 26 heavy (non-hydrogen) atoms. The number of fused-ring (bicyclic) bond motifs is 1. The molecule has 0 bridgehead atoms. The Morgan fingerprint density at radius 1 is 1.38 bits per heavy atom. The summed E-state index contributed by atoms with van der Waals surface area (Å²) in [6, 6.07) is 0. The van der Waals surface area contributed by atoms with Gasteiger partial charge in [0.15, 0.2) is 5.82 Å². The molecule has 0 atom stereocenters. The third-order valence-electron chi connectivity index (χ3n) is 4.32. The predicted octanol–water partition coefficient (Wildman–Crippen LogP) is 3.01. The van der Waals surface area contributed by atoms with Gasteiger partial charge in [0, 0.05) is 18.7 Å². The molecule has 9 heteroatoms. The van der Waals surface area contributed by atoms with E-state index in [2.05, 4.69) is 25.3 Å². The number of aromatic amines is 1. The van der Waals surface area contributed by atoms with Crippen LogP contribution in [0.3, 0.4) is 0 Å². The number of thiophene rings is 1. The van der Waals surface area contributed by atoms with Crippen LogP contribution in [0.2, 0.25) is 0 Å². The van der Waals surface area contributed by atoms with Crippen LogP contribution in [0.1, 0.15) is 45.5 Å². The molecule has 1 amide bonds. The van der Waals surface area contributed by atoms with Crippen molar-refractivity contribution >= 4 is 33.4 Å². The third-order valence-corrected chi connectivity index (χ3v) is 5.51. The summed E-state index contributed by atoms with van der Waals surface area (Å²) in [6.45, 7) is 2.15. The van der Waals surface area contributed by atoms with Gasteiger partial charge in [0.05, 0.1) is 23.6 Å². The van der Waals surface area contributed by atoms with Crippen LogP contribution in [-0.2, 0) is 11.3 Å². The molecule has 3 aromatic heterocycles. The van der Waals surface area contributed by atoms with E-state index in [-0.39, 0.29) is 12.5 Å². The maximum Gasteiger partial charge on any atom is 0.268 e. The minimum Gasteiger partial charge on any atom is -0.480 e. The third kappa shape index (κ3) is 3.04. The Kier molecular flexibility index (Phi) is 4.33. The number of aromatic nitrogens is 4. The molecule has 0 spiro atoms. The summed E-state index contributed by atoms with van der Waals surface area (Å²) in [5.41, 5.74) is 1.86. The predicted molar refractivity (Wildman–Crippen MR) is 97.9 cm³/mol. The minimum absolute atomic E-state index is 0.224. The first-order chi connectivity index (χ1) is 12.6. The van der Waals surface area contributed by atoms with Crippen molar-refractivity contribution < 1.29 is 14.3 Å². The van der Waals surface area contributed by atoms with E-state index in [0.717, 1.165) is 16.6 Å². The number of hydrogen-bond acceptors (Lipinski definition) is 7. The van der Waals surface area contributed by atoms with E-state index in [0.29, 0.717) is 33.3 Å². The molecular formula is C17H19N5O3S. The maximum atomic E-state index is 12.7. The normalized spacial score (nSPS) is 14.0. The quantitative estimate of drug-likeness (QED) is 0.689.